The van der Waals surface area contributed by atoms with Crippen LogP contribution in [-0.2, 0) is 9.59 Å². The smallest absolute Gasteiger partial charge is 0.220 e. The average Bonchev–Trinajstić information content (AvgIpc) is 2.72. The van der Waals surface area contributed by atoms with Gasteiger partial charge in [0, 0.05) is 24.1 Å². The Hall–Kier alpha value is -0.510. The SMILES string of the molecule is CC(=O)CCCC[C@@H]1SC[C@@H]2CC(=O)N[C@@H]21. The summed E-state index contributed by atoms with van der Waals surface area (Å²) in [4.78, 5) is 22.1. The number of fused-ring (bicyclic) bond motifs is 1. The lowest BCUT2D eigenvalue weighted by Gasteiger charge is -2.17. The van der Waals surface area contributed by atoms with Crippen molar-refractivity contribution in [3.8, 4) is 0 Å². The average molecular weight is 241 g/mol. The molecular weight excluding hydrogens is 222 g/mol. The zero-order valence-electron chi connectivity index (χ0n) is 9.70. The van der Waals surface area contributed by atoms with Gasteiger partial charge in [-0.3, -0.25) is 4.79 Å². The summed E-state index contributed by atoms with van der Waals surface area (Å²) < 4.78 is 0. The molecule has 0 radical (unpaired) electrons. The van der Waals surface area contributed by atoms with Crippen molar-refractivity contribution in [2.24, 2.45) is 5.92 Å². The molecule has 2 fully saturated rings. The van der Waals surface area contributed by atoms with Gasteiger partial charge in [0.05, 0.1) is 0 Å². The molecule has 0 saturated carbocycles. The van der Waals surface area contributed by atoms with E-state index in [1.807, 2.05) is 11.8 Å². The highest BCUT2D eigenvalue weighted by Crippen LogP contribution is 2.39. The second kappa shape index (κ2) is 5.21. The third-order valence-electron chi connectivity index (χ3n) is 3.48. The number of Topliss-reactive ketones (excluding diaryl/α,β-unsaturated/α-hetero) is 1. The largest absolute Gasteiger partial charge is 0.352 e. The molecule has 0 aromatic carbocycles. The highest BCUT2D eigenvalue weighted by atomic mass is 32.2. The quantitative estimate of drug-likeness (QED) is 0.746. The lowest BCUT2D eigenvalue weighted by Crippen LogP contribution is -2.34. The molecule has 2 rings (SSSR count). The topological polar surface area (TPSA) is 46.2 Å². The Morgan fingerprint density at radius 2 is 2.31 bits per heavy atom. The van der Waals surface area contributed by atoms with Crippen molar-refractivity contribution in [3.05, 3.63) is 0 Å². The Bertz CT molecular complexity index is 293. The Kier molecular flexibility index (Phi) is 3.90. The third-order valence-corrected chi connectivity index (χ3v) is 5.05. The van der Waals surface area contributed by atoms with Crippen LogP contribution in [0, 0.1) is 5.92 Å². The fourth-order valence-electron chi connectivity index (χ4n) is 2.62. The Morgan fingerprint density at radius 1 is 1.50 bits per heavy atom. The molecule has 0 aliphatic carbocycles. The predicted molar refractivity (Wildman–Crippen MR) is 65.4 cm³/mol. The molecule has 16 heavy (non-hydrogen) atoms. The molecule has 1 amide bonds. The second-order valence-electron chi connectivity index (χ2n) is 4.88. The van der Waals surface area contributed by atoms with Gasteiger partial charge in [-0.1, -0.05) is 6.42 Å². The molecule has 4 heteroatoms. The molecule has 2 aliphatic heterocycles. The van der Waals surface area contributed by atoms with E-state index in [0.29, 0.717) is 23.6 Å². The first-order chi connectivity index (χ1) is 7.66. The van der Waals surface area contributed by atoms with E-state index in [1.165, 1.54) is 0 Å². The maximum Gasteiger partial charge on any atom is 0.220 e. The molecule has 90 valence electrons. The van der Waals surface area contributed by atoms with Crippen LogP contribution in [0.5, 0.6) is 0 Å². The van der Waals surface area contributed by atoms with Crippen molar-refractivity contribution in [1.82, 2.24) is 5.32 Å². The van der Waals surface area contributed by atoms with E-state index in [4.69, 9.17) is 0 Å². The number of rotatable bonds is 5. The number of nitrogens with one attached hydrogen (secondary N) is 1. The summed E-state index contributed by atoms with van der Waals surface area (Å²) in [5.41, 5.74) is 0. The number of hydrogen-bond acceptors (Lipinski definition) is 3. The fourth-order valence-corrected chi connectivity index (χ4v) is 4.27. The number of carbonyl (C=O) groups is 2. The third kappa shape index (κ3) is 2.78. The van der Waals surface area contributed by atoms with Gasteiger partial charge in [0.25, 0.3) is 0 Å². The Labute approximate surface area is 101 Å². The maximum atomic E-state index is 11.3. The van der Waals surface area contributed by atoms with E-state index in [0.717, 1.165) is 31.4 Å². The number of amides is 1. The lowest BCUT2D eigenvalue weighted by molar-refractivity contribution is -0.119. The van der Waals surface area contributed by atoms with Crippen molar-refractivity contribution in [2.45, 2.75) is 50.3 Å². The van der Waals surface area contributed by atoms with Gasteiger partial charge in [-0.25, -0.2) is 0 Å². The molecule has 2 saturated heterocycles. The van der Waals surface area contributed by atoms with Crippen molar-refractivity contribution < 1.29 is 9.59 Å². The first-order valence-electron chi connectivity index (χ1n) is 6.07. The molecule has 1 N–H and O–H groups in total. The second-order valence-corrected chi connectivity index (χ2v) is 6.15. The highest BCUT2D eigenvalue weighted by molar-refractivity contribution is 8.00. The van der Waals surface area contributed by atoms with Crippen LogP contribution in [0.4, 0.5) is 0 Å². The van der Waals surface area contributed by atoms with Gasteiger partial charge >= 0.3 is 0 Å². The van der Waals surface area contributed by atoms with Gasteiger partial charge in [-0.05, 0) is 31.4 Å². The molecule has 0 spiro atoms. The highest BCUT2D eigenvalue weighted by Gasteiger charge is 2.42. The van der Waals surface area contributed by atoms with Crippen molar-refractivity contribution in [3.63, 3.8) is 0 Å². The number of thioether (sulfide) groups is 1. The van der Waals surface area contributed by atoms with E-state index in [1.54, 1.807) is 6.92 Å². The van der Waals surface area contributed by atoms with Crippen molar-refractivity contribution in [2.75, 3.05) is 5.75 Å². The molecule has 0 aromatic heterocycles. The van der Waals surface area contributed by atoms with Crippen LogP contribution in [0.25, 0.3) is 0 Å². The Balaban J connectivity index is 1.70. The summed E-state index contributed by atoms with van der Waals surface area (Å²) in [5.74, 6) is 2.20. The summed E-state index contributed by atoms with van der Waals surface area (Å²) in [6, 6.07) is 0.412. The first kappa shape index (κ1) is 12.0. The van der Waals surface area contributed by atoms with Gasteiger partial charge in [0.15, 0.2) is 0 Å². The summed E-state index contributed by atoms with van der Waals surface area (Å²) in [7, 11) is 0. The molecular formula is C12H19NO2S. The van der Waals surface area contributed by atoms with Crippen LogP contribution in [0.2, 0.25) is 0 Å². The zero-order chi connectivity index (χ0) is 11.5. The van der Waals surface area contributed by atoms with Crippen LogP contribution < -0.4 is 5.32 Å². The maximum absolute atomic E-state index is 11.3. The fraction of sp³-hybridized carbons (Fsp3) is 0.833. The van der Waals surface area contributed by atoms with Gasteiger partial charge in [0.1, 0.15) is 5.78 Å². The van der Waals surface area contributed by atoms with Crippen molar-refractivity contribution >= 4 is 23.5 Å². The summed E-state index contributed by atoms with van der Waals surface area (Å²) >= 11 is 2.00. The molecule has 0 bridgehead atoms. The van der Waals surface area contributed by atoms with Gasteiger partial charge < -0.3 is 10.1 Å². The molecule has 2 heterocycles. The van der Waals surface area contributed by atoms with E-state index in [2.05, 4.69) is 5.32 Å². The number of hydrogen-bond donors (Lipinski definition) is 1. The normalized spacial score (nSPS) is 32.6. The monoisotopic (exact) mass is 241 g/mol. The van der Waals surface area contributed by atoms with Gasteiger partial charge in [0.2, 0.25) is 5.91 Å². The minimum Gasteiger partial charge on any atom is -0.352 e. The minimum atomic E-state index is 0.226. The summed E-state index contributed by atoms with van der Waals surface area (Å²) in [5, 5.41) is 3.68. The summed E-state index contributed by atoms with van der Waals surface area (Å²) in [6.45, 7) is 1.65. The number of unbranched alkanes of at least 4 members (excludes halogenated alkanes) is 1. The number of carbonyl (C=O) groups excluding carboxylic acids is 2. The van der Waals surface area contributed by atoms with E-state index >= 15 is 0 Å². The molecule has 2 aliphatic rings. The molecule has 3 nitrogen and oxygen atoms in total. The van der Waals surface area contributed by atoms with E-state index in [-0.39, 0.29) is 11.7 Å². The van der Waals surface area contributed by atoms with Crippen LogP contribution in [-0.4, -0.2) is 28.7 Å². The van der Waals surface area contributed by atoms with E-state index < -0.39 is 0 Å². The number of ketones is 1. The van der Waals surface area contributed by atoms with Crippen LogP contribution in [0.3, 0.4) is 0 Å². The van der Waals surface area contributed by atoms with Crippen molar-refractivity contribution in [1.29, 1.82) is 0 Å². The molecule has 0 aromatic rings. The first-order valence-corrected chi connectivity index (χ1v) is 7.12. The van der Waals surface area contributed by atoms with Crippen LogP contribution in [0.1, 0.15) is 39.0 Å². The zero-order valence-corrected chi connectivity index (χ0v) is 10.5. The minimum absolute atomic E-state index is 0.226. The molecule has 0 unspecified atom stereocenters. The predicted octanol–water partition coefficient (Wildman–Crippen LogP) is 1.76. The van der Waals surface area contributed by atoms with Crippen LogP contribution in [0.15, 0.2) is 0 Å². The summed E-state index contributed by atoms with van der Waals surface area (Å²) in [6.07, 6.45) is 4.67. The molecule has 3 atom stereocenters. The van der Waals surface area contributed by atoms with Gasteiger partial charge in [-0.15, -0.1) is 0 Å². The van der Waals surface area contributed by atoms with Gasteiger partial charge in [-0.2, -0.15) is 11.8 Å². The standard InChI is InChI=1S/C12H19NO2S/c1-8(14)4-2-3-5-10-12-9(7-16-10)6-11(15)13-12/h9-10,12H,2-7H2,1H3,(H,13,15)/t9-,10-,12-/m0/s1. The van der Waals surface area contributed by atoms with Crippen LogP contribution >= 0.6 is 11.8 Å². The lowest BCUT2D eigenvalue weighted by atomic mass is 9.97. The Morgan fingerprint density at radius 3 is 3.06 bits per heavy atom. The van der Waals surface area contributed by atoms with E-state index in [9.17, 15) is 9.59 Å².